The minimum Gasteiger partial charge on any atom is -0.319 e. The first kappa shape index (κ1) is 14.5. The number of sulfone groups is 1. The van der Waals surface area contributed by atoms with Crippen LogP contribution in [0.4, 0.5) is 0 Å². The van der Waals surface area contributed by atoms with Crippen molar-refractivity contribution in [2.24, 2.45) is 5.92 Å². The summed E-state index contributed by atoms with van der Waals surface area (Å²) in [5.74, 6) is 1.59. The fourth-order valence-electron chi connectivity index (χ4n) is 2.99. The van der Waals surface area contributed by atoms with Crippen LogP contribution in [0.2, 0.25) is 0 Å². The smallest absolute Gasteiger partial charge is 0.150 e. The van der Waals surface area contributed by atoms with Crippen molar-refractivity contribution in [3.8, 4) is 0 Å². The van der Waals surface area contributed by atoms with E-state index in [1.807, 2.05) is 7.05 Å². The second-order valence-electron chi connectivity index (χ2n) is 5.57. The van der Waals surface area contributed by atoms with Gasteiger partial charge in [0.15, 0.2) is 0 Å². The Morgan fingerprint density at radius 1 is 1.32 bits per heavy atom. The molecule has 0 aromatic heterocycles. The molecule has 1 fully saturated rings. The SMILES string of the molecule is CNCC(c1cccc(C)c1)C1CCS(=O)(=O)CC1. The molecule has 0 radical (unpaired) electrons. The van der Waals surface area contributed by atoms with Crippen molar-refractivity contribution >= 4 is 9.84 Å². The fraction of sp³-hybridized carbons (Fsp3) is 0.600. The zero-order valence-corrected chi connectivity index (χ0v) is 12.5. The maximum atomic E-state index is 11.6. The topological polar surface area (TPSA) is 46.2 Å². The van der Waals surface area contributed by atoms with Gasteiger partial charge in [0.25, 0.3) is 0 Å². The predicted octanol–water partition coefficient (Wildman–Crippen LogP) is 2.12. The maximum absolute atomic E-state index is 11.6. The number of likely N-dealkylation sites (N-methyl/N-ethyl adjacent to an activating group) is 1. The van der Waals surface area contributed by atoms with Gasteiger partial charge in [-0.1, -0.05) is 29.8 Å². The van der Waals surface area contributed by atoms with Crippen LogP contribution in [0.3, 0.4) is 0 Å². The summed E-state index contributed by atoms with van der Waals surface area (Å²) in [5, 5.41) is 3.25. The largest absolute Gasteiger partial charge is 0.319 e. The predicted molar refractivity (Wildman–Crippen MR) is 79.2 cm³/mol. The van der Waals surface area contributed by atoms with Gasteiger partial charge in [0.05, 0.1) is 11.5 Å². The van der Waals surface area contributed by atoms with Crippen molar-refractivity contribution in [3.63, 3.8) is 0 Å². The number of hydrogen-bond donors (Lipinski definition) is 1. The molecular weight excluding hydrogens is 258 g/mol. The molecule has 1 aliphatic rings. The van der Waals surface area contributed by atoms with Crippen LogP contribution in [-0.2, 0) is 9.84 Å². The van der Waals surface area contributed by atoms with Gasteiger partial charge in [0, 0.05) is 6.54 Å². The van der Waals surface area contributed by atoms with Gasteiger partial charge in [0.2, 0.25) is 0 Å². The van der Waals surface area contributed by atoms with Crippen molar-refractivity contribution in [1.82, 2.24) is 5.32 Å². The first-order valence-corrected chi connectivity index (χ1v) is 8.75. The van der Waals surface area contributed by atoms with E-state index in [0.29, 0.717) is 23.3 Å². The number of benzene rings is 1. The molecule has 1 saturated heterocycles. The molecule has 1 aliphatic heterocycles. The average Bonchev–Trinajstić information content (AvgIpc) is 2.36. The summed E-state index contributed by atoms with van der Waals surface area (Å²) in [7, 11) is -0.814. The Kier molecular flexibility index (Phi) is 4.63. The third-order valence-corrected chi connectivity index (χ3v) is 5.78. The molecule has 1 aromatic carbocycles. The quantitative estimate of drug-likeness (QED) is 0.919. The molecule has 1 aromatic rings. The van der Waals surface area contributed by atoms with E-state index >= 15 is 0 Å². The van der Waals surface area contributed by atoms with E-state index in [4.69, 9.17) is 0 Å². The molecule has 2 rings (SSSR count). The van der Waals surface area contributed by atoms with Crippen LogP contribution in [0, 0.1) is 12.8 Å². The van der Waals surface area contributed by atoms with E-state index in [1.54, 1.807) is 0 Å². The van der Waals surface area contributed by atoms with Crippen molar-refractivity contribution in [3.05, 3.63) is 35.4 Å². The lowest BCUT2D eigenvalue weighted by Gasteiger charge is -2.30. The van der Waals surface area contributed by atoms with Crippen molar-refractivity contribution in [2.45, 2.75) is 25.7 Å². The van der Waals surface area contributed by atoms with Crippen LogP contribution in [-0.4, -0.2) is 33.5 Å². The van der Waals surface area contributed by atoms with Crippen LogP contribution in [0.5, 0.6) is 0 Å². The highest BCUT2D eigenvalue weighted by Crippen LogP contribution is 2.33. The highest BCUT2D eigenvalue weighted by Gasteiger charge is 2.30. The first-order chi connectivity index (χ1) is 9.02. The first-order valence-electron chi connectivity index (χ1n) is 6.93. The Morgan fingerprint density at radius 3 is 2.58 bits per heavy atom. The van der Waals surface area contributed by atoms with Crippen molar-refractivity contribution < 1.29 is 8.42 Å². The fourth-order valence-corrected chi connectivity index (χ4v) is 4.52. The van der Waals surface area contributed by atoms with E-state index in [9.17, 15) is 8.42 Å². The summed E-state index contributed by atoms with van der Waals surface area (Å²) in [6, 6.07) is 8.58. The lowest BCUT2D eigenvalue weighted by molar-refractivity contribution is 0.376. The Labute approximate surface area is 116 Å². The molecule has 0 aliphatic carbocycles. The Morgan fingerprint density at radius 2 is 2.00 bits per heavy atom. The molecule has 19 heavy (non-hydrogen) atoms. The number of nitrogens with one attached hydrogen (secondary N) is 1. The van der Waals surface area contributed by atoms with Crippen molar-refractivity contribution in [2.75, 3.05) is 25.1 Å². The third kappa shape index (κ3) is 3.80. The van der Waals surface area contributed by atoms with Gasteiger partial charge < -0.3 is 5.32 Å². The molecule has 1 atom stereocenters. The van der Waals surface area contributed by atoms with Crippen LogP contribution >= 0.6 is 0 Å². The zero-order valence-electron chi connectivity index (χ0n) is 11.7. The molecule has 106 valence electrons. The molecule has 0 bridgehead atoms. The molecule has 1 heterocycles. The minimum atomic E-state index is -2.77. The molecular formula is C15H23NO2S. The van der Waals surface area contributed by atoms with E-state index in [-0.39, 0.29) is 0 Å². The molecule has 4 heteroatoms. The normalized spacial score (nSPS) is 21.2. The second kappa shape index (κ2) is 6.06. The second-order valence-corrected chi connectivity index (χ2v) is 7.87. The molecule has 0 amide bonds. The van der Waals surface area contributed by atoms with E-state index < -0.39 is 9.84 Å². The Bertz CT molecular complexity index is 511. The van der Waals surface area contributed by atoms with Crippen LogP contribution < -0.4 is 5.32 Å². The van der Waals surface area contributed by atoms with Gasteiger partial charge >= 0.3 is 0 Å². The van der Waals surface area contributed by atoms with E-state index in [2.05, 4.69) is 36.5 Å². The van der Waals surface area contributed by atoms with Crippen molar-refractivity contribution in [1.29, 1.82) is 0 Å². The van der Waals surface area contributed by atoms with Gasteiger partial charge in [-0.25, -0.2) is 8.42 Å². The van der Waals surface area contributed by atoms with Gasteiger partial charge in [-0.2, -0.15) is 0 Å². The van der Waals surface area contributed by atoms with Crippen LogP contribution in [0.25, 0.3) is 0 Å². The number of rotatable bonds is 4. The molecule has 0 spiro atoms. The standard InChI is InChI=1S/C15H23NO2S/c1-12-4-3-5-14(10-12)15(11-16-2)13-6-8-19(17,18)9-7-13/h3-5,10,13,15-16H,6-9,11H2,1-2H3. The summed E-state index contributed by atoms with van der Waals surface area (Å²) in [5.41, 5.74) is 2.60. The summed E-state index contributed by atoms with van der Waals surface area (Å²) in [6.45, 7) is 3.01. The number of aryl methyl sites for hydroxylation is 1. The zero-order chi connectivity index (χ0) is 13.9. The molecule has 3 nitrogen and oxygen atoms in total. The van der Waals surface area contributed by atoms with Crippen LogP contribution in [0.1, 0.15) is 29.9 Å². The maximum Gasteiger partial charge on any atom is 0.150 e. The highest BCUT2D eigenvalue weighted by molar-refractivity contribution is 7.91. The summed E-state index contributed by atoms with van der Waals surface area (Å²) in [4.78, 5) is 0. The van der Waals surface area contributed by atoms with E-state index in [0.717, 1.165) is 19.4 Å². The number of hydrogen-bond acceptors (Lipinski definition) is 3. The Balaban J connectivity index is 2.17. The van der Waals surface area contributed by atoms with Gasteiger partial charge in [-0.15, -0.1) is 0 Å². The minimum absolute atomic E-state index is 0.351. The van der Waals surface area contributed by atoms with Gasteiger partial charge in [0.1, 0.15) is 9.84 Å². The monoisotopic (exact) mass is 281 g/mol. The van der Waals surface area contributed by atoms with Gasteiger partial charge in [-0.3, -0.25) is 0 Å². The molecule has 1 unspecified atom stereocenters. The Hall–Kier alpha value is -0.870. The lowest BCUT2D eigenvalue weighted by Crippen LogP contribution is -2.31. The highest BCUT2D eigenvalue weighted by atomic mass is 32.2. The van der Waals surface area contributed by atoms with Gasteiger partial charge in [-0.05, 0) is 44.2 Å². The molecule has 1 N–H and O–H groups in total. The lowest BCUT2D eigenvalue weighted by atomic mass is 9.82. The average molecular weight is 281 g/mol. The molecule has 0 saturated carbocycles. The van der Waals surface area contributed by atoms with Crippen LogP contribution in [0.15, 0.2) is 24.3 Å². The third-order valence-electron chi connectivity index (χ3n) is 4.06. The summed E-state index contributed by atoms with van der Waals surface area (Å²) >= 11 is 0. The summed E-state index contributed by atoms with van der Waals surface area (Å²) in [6.07, 6.45) is 1.59. The van der Waals surface area contributed by atoms with E-state index in [1.165, 1.54) is 11.1 Å². The summed E-state index contributed by atoms with van der Waals surface area (Å²) < 4.78 is 23.1.